The van der Waals surface area contributed by atoms with Crippen molar-refractivity contribution in [1.82, 2.24) is 14.7 Å². The SMILES string of the molecule is COCC(=O)N1CCN(Cc2cccc(OCCCN3CCCC3=O)c2)C[C@@](O)(COc2ccccc2)C1. The minimum absolute atomic E-state index is 0.0269. The molecule has 1 N–H and O–H groups in total. The number of amides is 2. The minimum atomic E-state index is -1.25. The maximum Gasteiger partial charge on any atom is 0.248 e. The predicted molar refractivity (Wildman–Crippen MR) is 143 cm³/mol. The van der Waals surface area contributed by atoms with Crippen LogP contribution >= 0.6 is 0 Å². The van der Waals surface area contributed by atoms with Gasteiger partial charge in [0.25, 0.3) is 0 Å². The van der Waals surface area contributed by atoms with Gasteiger partial charge in [-0.25, -0.2) is 0 Å². The normalized spacial score (nSPS) is 20.4. The van der Waals surface area contributed by atoms with Crippen molar-refractivity contribution in [3.63, 3.8) is 0 Å². The number of hydrogen-bond acceptors (Lipinski definition) is 7. The lowest BCUT2D eigenvalue weighted by atomic mass is 10.0. The molecule has 2 saturated heterocycles. The average Bonchev–Trinajstić information content (AvgIpc) is 3.25. The zero-order valence-corrected chi connectivity index (χ0v) is 22.2. The van der Waals surface area contributed by atoms with Crippen LogP contribution in [0.3, 0.4) is 0 Å². The molecule has 0 spiro atoms. The fourth-order valence-electron chi connectivity index (χ4n) is 5.01. The summed E-state index contributed by atoms with van der Waals surface area (Å²) < 4.78 is 16.9. The molecule has 9 heteroatoms. The second-order valence-electron chi connectivity index (χ2n) is 10.1. The van der Waals surface area contributed by atoms with Crippen molar-refractivity contribution in [2.24, 2.45) is 0 Å². The van der Waals surface area contributed by atoms with E-state index in [1.54, 1.807) is 4.90 Å². The molecule has 206 valence electrons. The van der Waals surface area contributed by atoms with Crippen molar-refractivity contribution < 1.29 is 28.9 Å². The quantitative estimate of drug-likeness (QED) is 0.425. The third-order valence-corrected chi connectivity index (χ3v) is 6.88. The summed E-state index contributed by atoms with van der Waals surface area (Å²) in [5.74, 6) is 1.54. The highest BCUT2D eigenvalue weighted by Crippen LogP contribution is 2.21. The van der Waals surface area contributed by atoms with Crippen molar-refractivity contribution in [3.8, 4) is 11.5 Å². The maximum atomic E-state index is 12.6. The van der Waals surface area contributed by atoms with Gasteiger partial charge in [0.05, 0.1) is 13.2 Å². The van der Waals surface area contributed by atoms with Gasteiger partial charge in [0.15, 0.2) is 0 Å². The number of likely N-dealkylation sites (tertiary alicyclic amines) is 1. The van der Waals surface area contributed by atoms with Gasteiger partial charge in [-0.05, 0) is 42.7 Å². The van der Waals surface area contributed by atoms with Crippen LogP contribution in [0.25, 0.3) is 0 Å². The molecule has 1 atom stereocenters. The molecule has 2 amide bonds. The smallest absolute Gasteiger partial charge is 0.248 e. The van der Waals surface area contributed by atoms with Crippen LogP contribution in [0.2, 0.25) is 0 Å². The number of rotatable bonds is 12. The van der Waals surface area contributed by atoms with Gasteiger partial charge >= 0.3 is 0 Å². The number of hydrogen-bond donors (Lipinski definition) is 1. The number of ether oxygens (including phenoxy) is 3. The minimum Gasteiger partial charge on any atom is -0.494 e. The van der Waals surface area contributed by atoms with Crippen LogP contribution in [-0.2, 0) is 20.9 Å². The molecule has 9 nitrogen and oxygen atoms in total. The van der Waals surface area contributed by atoms with Crippen molar-refractivity contribution in [3.05, 3.63) is 60.2 Å². The summed E-state index contributed by atoms with van der Waals surface area (Å²) in [4.78, 5) is 30.1. The van der Waals surface area contributed by atoms with Crippen molar-refractivity contribution in [2.75, 3.05) is 66.2 Å². The Bertz CT molecular complexity index is 1050. The topological polar surface area (TPSA) is 91.8 Å². The van der Waals surface area contributed by atoms with E-state index in [2.05, 4.69) is 4.90 Å². The number of carbonyl (C=O) groups is 2. The van der Waals surface area contributed by atoms with E-state index < -0.39 is 5.60 Å². The molecule has 0 aliphatic carbocycles. The summed E-state index contributed by atoms with van der Waals surface area (Å²) >= 11 is 0. The summed E-state index contributed by atoms with van der Waals surface area (Å²) in [6.45, 7) is 4.37. The van der Waals surface area contributed by atoms with E-state index in [0.29, 0.717) is 45.0 Å². The van der Waals surface area contributed by atoms with E-state index in [0.717, 1.165) is 37.2 Å². The maximum absolute atomic E-state index is 12.6. The van der Waals surface area contributed by atoms with E-state index in [1.165, 1.54) is 7.11 Å². The zero-order chi connectivity index (χ0) is 26.8. The highest BCUT2D eigenvalue weighted by Gasteiger charge is 2.37. The van der Waals surface area contributed by atoms with Crippen molar-refractivity contribution in [1.29, 1.82) is 0 Å². The van der Waals surface area contributed by atoms with Gasteiger partial charge in [-0.3, -0.25) is 14.5 Å². The fraction of sp³-hybridized carbons (Fsp3) is 0.517. The van der Waals surface area contributed by atoms with Gasteiger partial charge in [0.1, 0.15) is 30.3 Å². The van der Waals surface area contributed by atoms with Gasteiger partial charge < -0.3 is 29.1 Å². The molecule has 2 aliphatic rings. The largest absolute Gasteiger partial charge is 0.494 e. The molecular formula is C29H39N3O6. The first-order valence-electron chi connectivity index (χ1n) is 13.3. The highest BCUT2D eigenvalue weighted by molar-refractivity contribution is 5.78. The highest BCUT2D eigenvalue weighted by atomic mass is 16.5. The van der Waals surface area contributed by atoms with Crippen LogP contribution in [0.1, 0.15) is 24.8 Å². The first kappa shape index (κ1) is 27.9. The standard InChI is InChI=1S/C29H39N3O6/c1-36-20-28(34)32-16-15-30(21-29(35,22-32)23-38-25-9-3-2-4-10-25)19-24-8-5-11-26(18-24)37-17-7-14-31-13-6-12-27(31)33/h2-5,8-11,18,35H,6-7,12-17,19-23H2,1H3/t29-/m0/s1. The average molecular weight is 526 g/mol. The number of aliphatic hydroxyl groups is 1. The molecule has 2 fully saturated rings. The Kier molecular flexibility index (Phi) is 9.98. The van der Waals surface area contributed by atoms with Crippen molar-refractivity contribution >= 4 is 11.8 Å². The van der Waals surface area contributed by atoms with E-state index in [1.807, 2.05) is 59.5 Å². The van der Waals surface area contributed by atoms with Crippen LogP contribution < -0.4 is 9.47 Å². The summed E-state index contributed by atoms with van der Waals surface area (Å²) in [6, 6.07) is 17.3. The molecule has 0 bridgehead atoms. The number of nitrogens with zero attached hydrogens (tertiary/aromatic N) is 3. The summed E-state index contributed by atoms with van der Waals surface area (Å²) in [6.07, 6.45) is 2.40. The van der Waals surface area contributed by atoms with Gasteiger partial charge in [0.2, 0.25) is 11.8 Å². The monoisotopic (exact) mass is 525 g/mol. The number of methoxy groups -OCH3 is 1. The lowest BCUT2D eigenvalue weighted by Crippen LogP contribution is -2.52. The Morgan fingerprint density at radius 1 is 1.00 bits per heavy atom. The number of para-hydroxylation sites is 1. The number of carbonyl (C=O) groups excluding carboxylic acids is 2. The van der Waals surface area contributed by atoms with Gasteiger partial charge in [-0.2, -0.15) is 0 Å². The molecule has 0 radical (unpaired) electrons. The first-order chi connectivity index (χ1) is 18.4. The number of β-amino-alcohol motifs (C(OH)–C–C–N with tert-alkyl or cyclic N) is 1. The Labute approximate surface area is 224 Å². The molecule has 4 rings (SSSR count). The molecule has 0 unspecified atom stereocenters. The van der Waals surface area contributed by atoms with Crippen molar-refractivity contribution in [2.45, 2.75) is 31.4 Å². The molecule has 0 saturated carbocycles. The van der Waals surface area contributed by atoms with Crippen LogP contribution in [0.5, 0.6) is 11.5 Å². The Morgan fingerprint density at radius 2 is 1.82 bits per heavy atom. The third kappa shape index (κ3) is 8.18. The number of benzene rings is 2. The first-order valence-corrected chi connectivity index (χ1v) is 13.3. The molecule has 0 aromatic heterocycles. The molecule has 2 aromatic carbocycles. The summed E-state index contributed by atoms with van der Waals surface area (Å²) in [7, 11) is 1.49. The van der Waals surface area contributed by atoms with Gasteiger partial charge in [0, 0.05) is 52.8 Å². The Morgan fingerprint density at radius 3 is 2.58 bits per heavy atom. The van der Waals surface area contributed by atoms with E-state index in [4.69, 9.17) is 14.2 Å². The molecule has 38 heavy (non-hydrogen) atoms. The van der Waals surface area contributed by atoms with E-state index in [9.17, 15) is 14.7 Å². The molecular weight excluding hydrogens is 486 g/mol. The lowest BCUT2D eigenvalue weighted by Gasteiger charge is -2.33. The Hall–Kier alpha value is -3.14. The Balaban J connectivity index is 1.36. The van der Waals surface area contributed by atoms with Crippen LogP contribution in [0.15, 0.2) is 54.6 Å². The molecule has 2 aliphatic heterocycles. The second-order valence-corrected chi connectivity index (χ2v) is 10.1. The van der Waals surface area contributed by atoms with Gasteiger partial charge in [-0.1, -0.05) is 30.3 Å². The van der Waals surface area contributed by atoms with E-state index >= 15 is 0 Å². The molecule has 2 aromatic rings. The lowest BCUT2D eigenvalue weighted by molar-refractivity contribution is -0.138. The summed E-state index contributed by atoms with van der Waals surface area (Å²) in [5.41, 5.74) is -0.197. The third-order valence-electron chi connectivity index (χ3n) is 6.88. The van der Waals surface area contributed by atoms with E-state index in [-0.39, 0.29) is 31.6 Å². The van der Waals surface area contributed by atoms with Crippen LogP contribution in [0, 0.1) is 0 Å². The zero-order valence-electron chi connectivity index (χ0n) is 22.2. The van der Waals surface area contributed by atoms with Crippen LogP contribution in [0.4, 0.5) is 0 Å². The molecule has 2 heterocycles. The fourth-order valence-corrected chi connectivity index (χ4v) is 5.01. The van der Waals surface area contributed by atoms with Crippen LogP contribution in [-0.4, -0.2) is 103 Å². The summed E-state index contributed by atoms with van der Waals surface area (Å²) in [5, 5.41) is 11.6. The van der Waals surface area contributed by atoms with Gasteiger partial charge in [-0.15, -0.1) is 0 Å². The second kappa shape index (κ2) is 13.6. The predicted octanol–water partition coefficient (Wildman–Crippen LogP) is 2.18.